The Kier molecular flexibility index (Phi) is 4.39. The van der Waals surface area contributed by atoms with Crippen LogP contribution in [0.25, 0.3) is 0 Å². The minimum Gasteiger partial charge on any atom is -0.300 e. The fraction of sp³-hybridized carbons (Fsp3) is 0.929. The van der Waals surface area contributed by atoms with Gasteiger partial charge in [-0.05, 0) is 51.1 Å². The lowest BCUT2D eigenvalue weighted by Gasteiger charge is -2.37. The van der Waals surface area contributed by atoms with Crippen LogP contribution in [0.2, 0.25) is 0 Å². The highest BCUT2D eigenvalue weighted by molar-refractivity contribution is 5.77. The van der Waals surface area contributed by atoms with Gasteiger partial charge in [0.1, 0.15) is 5.78 Å². The van der Waals surface area contributed by atoms with Crippen molar-refractivity contribution < 1.29 is 4.79 Å². The predicted octanol–water partition coefficient (Wildman–Crippen LogP) is 3.01. The molecule has 1 aliphatic carbocycles. The van der Waals surface area contributed by atoms with E-state index in [4.69, 9.17) is 0 Å². The van der Waals surface area contributed by atoms with Gasteiger partial charge in [0.05, 0.1) is 0 Å². The lowest BCUT2D eigenvalue weighted by molar-refractivity contribution is -0.118. The SMILES string of the molecule is CCC(=O)CCCN1CCCC2CCCC21. The van der Waals surface area contributed by atoms with Crippen LogP contribution in [0.1, 0.15) is 58.3 Å². The highest BCUT2D eigenvalue weighted by atomic mass is 16.1. The van der Waals surface area contributed by atoms with E-state index in [1.165, 1.54) is 38.6 Å². The second-order valence-electron chi connectivity index (χ2n) is 5.43. The van der Waals surface area contributed by atoms with Crippen molar-refractivity contribution in [2.75, 3.05) is 13.1 Å². The van der Waals surface area contributed by atoms with Crippen LogP contribution in [-0.4, -0.2) is 29.8 Å². The van der Waals surface area contributed by atoms with E-state index < -0.39 is 0 Å². The highest BCUT2D eigenvalue weighted by Crippen LogP contribution is 2.36. The molecular weight excluding hydrogens is 198 g/mol. The zero-order valence-corrected chi connectivity index (χ0v) is 10.6. The number of Topliss-reactive ketones (excluding diaryl/α,β-unsaturated/α-hetero) is 1. The molecule has 0 aromatic carbocycles. The summed E-state index contributed by atoms with van der Waals surface area (Å²) in [5.41, 5.74) is 0. The molecule has 2 heteroatoms. The first-order chi connectivity index (χ1) is 7.81. The van der Waals surface area contributed by atoms with E-state index in [1.54, 1.807) is 0 Å². The molecule has 0 bridgehead atoms. The van der Waals surface area contributed by atoms with Crippen LogP contribution in [0.5, 0.6) is 0 Å². The molecule has 0 aromatic rings. The minimum absolute atomic E-state index is 0.431. The summed E-state index contributed by atoms with van der Waals surface area (Å²) < 4.78 is 0. The van der Waals surface area contributed by atoms with Crippen LogP contribution >= 0.6 is 0 Å². The van der Waals surface area contributed by atoms with E-state index in [2.05, 4.69) is 4.90 Å². The maximum absolute atomic E-state index is 11.3. The number of likely N-dealkylation sites (tertiary alicyclic amines) is 1. The molecule has 1 aliphatic heterocycles. The molecule has 16 heavy (non-hydrogen) atoms. The van der Waals surface area contributed by atoms with E-state index in [0.29, 0.717) is 12.2 Å². The van der Waals surface area contributed by atoms with Crippen molar-refractivity contribution >= 4 is 5.78 Å². The van der Waals surface area contributed by atoms with Gasteiger partial charge >= 0.3 is 0 Å². The molecule has 2 rings (SSSR count). The lowest BCUT2D eigenvalue weighted by atomic mass is 9.92. The summed E-state index contributed by atoms with van der Waals surface area (Å²) in [6.45, 7) is 4.41. The Balaban J connectivity index is 1.73. The summed E-state index contributed by atoms with van der Waals surface area (Å²) in [6.07, 6.45) is 9.71. The van der Waals surface area contributed by atoms with Crippen molar-refractivity contribution in [2.24, 2.45) is 5.92 Å². The molecule has 0 radical (unpaired) electrons. The molecular formula is C14H25NO. The van der Waals surface area contributed by atoms with Gasteiger partial charge in [0, 0.05) is 18.9 Å². The normalized spacial score (nSPS) is 30.3. The molecule has 0 spiro atoms. The number of rotatable bonds is 5. The van der Waals surface area contributed by atoms with E-state index in [9.17, 15) is 4.79 Å². The molecule has 2 fully saturated rings. The maximum atomic E-state index is 11.3. The first-order valence-electron chi connectivity index (χ1n) is 7.07. The molecule has 2 atom stereocenters. The standard InChI is InChI=1S/C14H25NO/c1-2-13(16)8-5-11-15-10-4-7-12-6-3-9-14(12)15/h12,14H,2-11H2,1H3. The third-order valence-corrected chi connectivity index (χ3v) is 4.40. The van der Waals surface area contributed by atoms with Crippen molar-refractivity contribution in [1.29, 1.82) is 0 Å². The number of hydrogen-bond acceptors (Lipinski definition) is 2. The molecule has 1 saturated carbocycles. The van der Waals surface area contributed by atoms with E-state index in [0.717, 1.165) is 31.3 Å². The van der Waals surface area contributed by atoms with Crippen LogP contribution in [0.15, 0.2) is 0 Å². The van der Waals surface area contributed by atoms with Crippen LogP contribution in [0.4, 0.5) is 0 Å². The third kappa shape index (κ3) is 2.85. The summed E-state index contributed by atoms with van der Waals surface area (Å²) in [4.78, 5) is 13.9. The summed E-state index contributed by atoms with van der Waals surface area (Å²) in [5, 5.41) is 0. The Morgan fingerprint density at radius 1 is 1.25 bits per heavy atom. The first kappa shape index (κ1) is 12.1. The van der Waals surface area contributed by atoms with Crippen LogP contribution in [0, 0.1) is 5.92 Å². The number of hydrogen-bond donors (Lipinski definition) is 0. The van der Waals surface area contributed by atoms with Gasteiger partial charge in [-0.25, -0.2) is 0 Å². The molecule has 0 amide bonds. The molecule has 0 aromatic heterocycles. The molecule has 92 valence electrons. The molecule has 0 N–H and O–H groups in total. The van der Waals surface area contributed by atoms with Gasteiger partial charge in [-0.1, -0.05) is 13.3 Å². The zero-order chi connectivity index (χ0) is 11.4. The summed E-state index contributed by atoms with van der Waals surface area (Å²) >= 11 is 0. The van der Waals surface area contributed by atoms with Crippen molar-refractivity contribution in [1.82, 2.24) is 4.90 Å². The van der Waals surface area contributed by atoms with Crippen LogP contribution in [0.3, 0.4) is 0 Å². The van der Waals surface area contributed by atoms with E-state index >= 15 is 0 Å². The Labute approximate surface area is 99.4 Å². The van der Waals surface area contributed by atoms with Gasteiger partial charge in [-0.15, -0.1) is 0 Å². The highest BCUT2D eigenvalue weighted by Gasteiger charge is 2.34. The summed E-state index contributed by atoms with van der Waals surface area (Å²) in [7, 11) is 0. The van der Waals surface area contributed by atoms with E-state index in [1.807, 2.05) is 6.92 Å². The Morgan fingerprint density at radius 3 is 2.88 bits per heavy atom. The van der Waals surface area contributed by atoms with Crippen molar-refractivity contribution in [2.45, 2.75) is 64.3 Å². The summed E-state index contributed by atoms with van der Waals surface area (Å²) in [6, 6.07) is 0.866. The number of piperidine rings is 1. The molecule has 1 saturated heterocycles. The third-order valence-electron chi connectivity index (χ3n) is 4.40. The predicted molar refractivity (Wildman–Crippen MR) is 66.5 cm³/mol. The number of ketones is 1. The van der Waals surface area contributed by atoms with Crippen LogP contribution in [-0.2, 0) is 4.79 Å². The average Bonchev–Trinajstić information content (AvgIpc) is 2.77. The molecule has 1 heterocycles. The van der Waals surface area contributed by atoms with Gasteiger partial charge < -0.3 is 4.90 Å². The molecule has 2 nitrogen and oxygen atoms in total. The smallest absolute Gasteiger partial charge is 0.132 e. The van der Waals surface area contributed by atoms with Crippen molar-refractivity contribution in [3.05, 3.63) is 0 Å². The minimum atomic E-state index is 0.431. The van der Waals surface area contributed by atoms with Crippen molar-refractivity contribution in [3.63, 3.8) is 0 Å². The Morgan fingerprint density at radius 2 is 2.06 bits per heavy atom. The van der Waals surface area contributed by atoms with Gasteiger partial charge in [0.15, 0.2) is 0 Å². The largest absolute Gasteiger partial charge is 0.300 e. The Hall–Kier alpha value is -0.370. The molecule has 2 aliphatic rings. The molecule has 2 unspecified atom stereocenters. The maximum Gasteiger partial charge on any atom is 0.132 e. The van der Waals surface area contributed by atoms with E-state index in [-0.39, 0.29) is 0 Å². The Bertz CT molecular complexity index is 239. The lowest BCUT2D eigenvalue weighted by Crippen LogP contribution is -2.43. The first-order valence-corrected chi connectivity index (χ1v) is 7.07. The second kappa shape index (κ2) is 5.81. The van der Waals surface area contributed by atoms with Crippen LogP contribution < -0.4 is 0 Å². The number of carbonyl (C=O) groups excluding carboxylic acids is 1. The average molecular weight is 223 g/mol. The number of nitrogens with zero attached hydrogens (tertiary/aromatic N) is 1. The van der Waals surface area contributed by atoms with Gasteiger partial charge in [-0.3, -0.25) is 4.79 Å². The fourth-order valence-corrected chi connectivity index (χ4v) is 3.49. The quantitative estimate of drug-likeness (QED) is 0.714. The monoisotopic (exact) mass is 223 g/mol. The van der Waals surface area contributed by atoms with Crippen molar-refractivity contribution in [3.8, 4) is 0 Å². The van der Waals surface area contributed by atoms with Gasteiger partial charge in [0.25, 0.3) is 0 Å². The number of carbonyl (C=O) groups is 1. The van der Waals surface area contributed by atoms with Gasteiger partial charge in [-0.2, -0.15) is 0 Å². The van der Waals surface area contributed by atoms with Gasteiger partial charge in [0.2, 0.25) is 0 Å². The summed E-state index contributed by atoms with van der Waals surface area (Å²) in [5.74, 6) is 1.41. The fourth-order valence-electron chi connectivity index (χ4n) is 3.49. The zero-order valence-electron chi connectivity index (χ0n) is 10.6. The second-order valence-corrected chi connectivity index (χ2v) is 5.43. The topological polar surface area (TPSA) is 20.3 Å². The number of fused-ring (bicyclic) bond motifs is 1.